The van der Waals surface area contributed by atoms with E-state index in [0.29, 0.717) is 12.5 Å². The molecule has 2 N–H and O–H groups in total. The summed E-state index contributed by atoms with van der Waals surface area (Å²) in [6, 6.07) is 4.63. The molecule has 0 aromatic heterocycles. The van der Waals surface area contributed by atoms with Crippen LogP contribution in [0.3, 0.4) is 0 Å². The molecule has 1 aliphatic heterocycles. The number of aliphatic hydroxyl groups excluding tert-OH is 1. The number of likely N-dealkylation sites (tertiary alicyclic amines) is 1. The molecule has 0 radical (unpaired) electrons. The van der Waals surface area contributed by atoms with Crippen molar-refractivity contribution < 1.29 is 23.1 Å². The number of nitrogens with zero attached hydrogens (tertiary/aromatic N) is 1. The smallest absolute Gasteiger partial charge is 0.396 e. The number of alkyl halides is 3. The van der Waals surface area contributed by atoms with Crippen LogP contribution in [0, 0.1) is 5.92 Å². The molecule has 1 heterocycles. The van der Waals surface area contributed by atoms with Gasteiger partial charge in [0.2, 0.25) is 5.91 Å². The van der Waals surface area contributed by atoms with Gasteiger partial charge in [0.05, 0.1) is 5.56 Å². The Morgan fingerprint density at radius 1 is 1.30 bits per heavy atom. The Bertz CT molecular complexity index is 526. The van der Waals surface area contributed by atoms with E-state index >= 15 is 0 Å². The first-order valence-corrected chi connectivity index (χ1v) is 7.69. The second kappa shape index (κ2) is 7.79. The lowest BCUT2D eigenvalue weighted by atomic mass is 9.98. The third-order valence-electron chi connectivity index (χ3n) is 4.09. The lowest BCUT2D eigenvalue weighted by Crippen LogP contribution is -2.36. The minimum atomic E-state index is -4.42. The molecule has 0 atom stereocenters. The van der Waals surface area contributed by atoms with E-state index in [4.69, 9.17) is 5.11 Å². The lowest BCUT2D eigenvalue weighted by Gasteiger charge is -2.30. The standard InChI is InChI=1S/C16H21F3N2O2/c17-16(18,19)13-2-1-3-14(10-13)20-15(23)6-9-21-7-4-12(11-22)5-8-21/h1-3,10,12,22H,4-9,11H2,(H,20,23). The molecular weight excluding hydrogens is 309 g/mol. The molecule has 1 aliphatic rings. The Morgan fingerprint density at radius 2 is 2.00 bits per heavy atom. The van der Waals surface area contributed by atoms with Crippen LogP contribution < -0.4 is 5.32 Å². The highest BCUT2D eigenvalue weighted by Crippen LogP contribution is 2.30. The van der Waals surface area contributed by atoms with E-state index in [-0.39, 0.29) is 24.6 Å². The van der Waals surface area contributed by atoms with Gasteiger partial charge in [0, 0.05) is 25.3 Å². The number of benzene rings is 1. The molecule has 0 bridgehead atoms. The SMILES string of the molecule is O=C(CCN1CCC(CO)CC1)Nc1cccc(C(F)(F)F)c1. The maximum atomic E-state index is 12.6. The minimum Gasteiger partial charge on any atom is -0.396 e. The molecule has 1 amide bonds. The van der Waals surface area contributed by atoms with Gasteiger partial charge in [-0.05, 0) is 50.0 Å². The van der Waals surface area contributed by atoms with Crippen molar-refractivity contribution in [2.24, 2.45) is 5.92 Å². The second-order valence-electron chi connectivity index (χ2n) is 5.84. The number of nitrogens with one attached hydrogen (secondary N) is 1. The van der Waals surface area contributed by atoms with Crippen molar-refractivity contribution in [2.75, 3.05) is 31.6 Å². The van der Waals surface area contributed by atoms with Crippen LogP contribution in [0.4, 0.5) is 18.9 Å². The molecule has 1 aromatic rings. The van der Waals surface area contributed by atoms with Crippen LogP contribution in [0.5, 0.6) is 0 Å². The first-order valence-electron chi connectivity index (χ1n) is 7.69. The highest BCUT2D eigenvalue weighted by molar-refractivity contribution is 5.90. The van der Waals surface area contributed by atoms with E-state index in [1.165, 1.54) is 12.1 Å². The summed E-state index contributed by atoms with van der Waals surface area (Å²) in [6.45, 7) is 2.44. The molecule has 0 unspecified atom stereocenters. The number of anilines is 1. The number of piperidine rings is 1. The van der Waals surface area contributed by atoms with E-state index in [1.54, 1.807) is 0 Å². The van der Waals surface area contributed by atoms with Crippen LogP contribution in [0.1, 0.15) is 24.8 Å². The predicted molar refractivity (Wildman–Crippen MR) is 80.9 cm³/mol. The first kappa shape index (κ1) is 17.7. The van der Waals surface area contributed by atoms with Gasteiger partial charge in [-0.2, -0.15) is 13.2 Å². The van der Waals surface area contributed by atoms with Gasteiger partial charge >= 0.3 is 6.18 Å². The zero-order valence-electron chi connectivity index (χ0n) is 12.8. The number of hydrogen-bond acceptors (Lipinski definition) is 3. The lowest BCUT2D eigenvalue weighted by molar-refractivity contribution is -0.137. The largest absolute Gasteiger partial charge is 0.416 e. The predicted octanol–water partition coefficient (Wildman–Crippen LogP) is 2.74. The normalized spacial score (nSPS) is 17.2. The average molecular weight is 330 g/mol. The summed E-state index contributed by atoms with van der Waals surface area (Å²) in [7, 11) is 0. The van der Waals surface area contributed by atoms with Gasteiger partial charge in [-0.3, -0.25) is 4.79 Å². The Morgan fingerprint density at radius 3 is 2.61 bits per heavy atom. The number of hydrogen-bond donors (Lipinski definition) is 2. The Labute approximate surface area is 133 Å². The molecule has 0 saturated carbocycles. The molecule has 1 fully saturated rings. The van der Waals surface area contributed by atoms with Gasteiger partial charge in [0.25, 0.3) is 0 Å². The zero-order chi connectivity index (χ0) is 16.9. The Hall–Kier alpha value is -1.60. The molecule has 128 valence electrons. The third kappa shape index (κ3) is 5.51. The van der Waals surface area contributed by atoms with Crippen molar-refractivity contribution in [1.29, 1.82) is 0 Å². The van der Waals surface area contributed by atoms with Crippen LogP contribution in [0.2, 0.25) is 0 Å². The van der Waals surface area contributed by atoms with E-state index in [0.717, 1.165) is 38.1 Å². The maximum Gasteiger partial charge on any atom is 0.416 e. The number of aliphatic hydroxyl groups is 1. The summed E-state index contributed by atoms with van der Waals surface area (Å²) < 4.78 is 37.9. The van der Waals surface area contributed by atoms with Crippen LogP contribution in [-0.4, -0.2) is 42.2 Å². The summed E-state index contributed by atoms with van der Waals surface area (Å²) >= 11 is 0. The van der Waals surface area contributed by atoms with E-state index in [1.807, 2.05) is 0 Å². The minimum absolute atomic E-state index is 0.156. The highest BCUT2D eigenvalue weighted by Gasteiger charge is 2.30. The fraction of sp³-hybridized carbons (Fsp3) is 0.562. The van der Waals surface area contributed by atoms with Crippen LogP contribution in [0.15, 0.2) is 24.3 Å². The van der Waals surface area contributed by atoms with Crippen molar-refractivity contribution in [3.05, 3.63) is 29.8 Å². The van der Waals surface area contributed by atoms with Gasteiger partial charge in [-0.1, -0.05) is 6.07 Å². The molecule has 1 aromatic carbocycles. The monoisotopic (exact) mass is 330 g/mol. The summed E-state index contributed by atoms with van der Waals surface area (Å²) in [5.41, 5.74) is -0.620. The van der Waals surface area contributed by atoms with Crippen LogP contribution in [0.25, 0.3) is 0 Å². The highest BCUT2D eigenvalue weighted by atomic mass is 19.4. The fourth-order valence-electron chi connectivity index (χ4n) is 2.65. The number of carbonyl (C=O) groups excluding carboxylic acids is 1. The molecule has 0 spiro atoms. The fourth-order valence-corrected chi connectivity index (χ4v) is 2.65. The van der Waals surface area contributed by atoms with E-state index in [2.05, 4.69) is 10.2 Å². The molecule has 1 saturated heterocycles. The van der Waals surface area contributed by atoms with E-state index < -0.39 is 11.7 Å². The molecule has 4 nitrogen and oxygen atoms in total. The number of rotatable bonds is 5. The Balaban J connectivity index is 1.79. The van der Waals surface area contributed by atoms with Crippen LogP contribution in [-0.2, 0) is 11.0 Å². The quantitative estimate of drug-likeness (QED) is 0.873. The topological polar surface area (TPSA) is 52.6 Å². The van der Waals surface area contributed by atoms with Gasteiger partial charge in [-0.15, -0.1) is 0 Å². The molecular formula is C16H21F3N2O2. The molecule has 23 heavy (non-hydrogen) atoms. The van der Waals surface area contributed by atoms with Gasteiger partial charge < -0.3 is 15.3 Å². The van der Waals surface area contributed by atoms with Crippen molar-refractivity contribution in [1.82, 2.24) is 4.90 Å². The van der Waals surface area contributed by atoms with Gasteiger partial charge in [0.1, 0.15) is 0 Å². The number of carbonyl (C=O) groups is 1. The van der Waals surface area contributed by atoms with Crippen molar-refractivity contribution in [3.8, 4) is 0 Å². The summed E-state index contributed by atoms with van der Waals surface area (Å²) in [5.74, 6) is 0.0405. The van der Waals surface area contributed by atoms with Gasteiger partial charge in [-0.25, -0.2) is 0 Å². The number of amides is 1. The number of halogens is 3. The third-order valence-corrected chi connectivity index (χ3v) is 4.09. The summed E-state index contributed by atoms with van der Waals surface area (Å²) in [5, 5.41) is 11.6. The average Bonchev–Trinajstić information content (AvgIpc) is 2.53. The Kier molecular flexibility index (Phi) is 6.01. The van der Waals surface area contributed by atoms with Gasteiger partial charge in [0.15, 0.2) is 0 Å². The molecule has 2 rings (SSSR count). The van der Waals surface area contributed by atoms with Crippen molar-refractivity contribution in [2.45, 2.75) is 25.4 Å². The maximum absolute atomic E-state index is 12.6. The van der Waals surface area contributed by atoms with Crippen molar-refractivity contribution in [3.63, 3.8) is 0 Å². The molecule has 7 heteroatoms. The second-order valence-corrected chi connectivity index (χ2v) is 5.84. The summed E-state index contributed by atoms with van der Waals surface area (Å²) in [4.78, 5) is 14.0. The van der Waals surface area contributed by atoms with Crippen LogP contribution >= 0.6 is 0 Å². The molecule has 0 aliphatic carbocycles. The summed E-state index contributed by atoms with van der Waals surface area (Å²) in [6.07, 6.45) is -2.37. The first-order chi connectivity index (χ1) is 10.9. The van der Waals surface area contributed by atoms with Crippen molar-refractivity contribution >= 4 is 11.6 Å². The van der Waals surface area contributed by atoms with E-state index in [9.17, 15) is 18.0 Å². The zero-order valence-corrected chi connectivity index (χ0v) is 12.8.